The highest BCUT2D eigenvalue weighted by molar-refractivity contribution is 7.05. The van der Waals surface area contributed by atoms with Gasteiger partial charge < -0.3 is 10.4 Å². The number of carboxylic acid groups (broad SMARTS) is 1. The van der Waals surface area contributed by atoms with Crippen molar-refractivity contribution >= 4 is 35.0 Å². The maximum atomic E-state index is 12.8. The van der Waals surface area contributed by atoms with E-state index in [4.69, 9.17) is 16.7 Å². The molecule has 1 amide bonds. The van der Waals surface area contributed by atoms with Crippen LogP contribution in [0.3, 0.4) is 0 Å². The Morgan fingerprint density at radius 2 is 2.04 bits per heavy atom. The van der Waals surface area contributed by atoms with Crippen molar-refractivity contribution in [2.24, 2.45) is 0 Å². The fourth-order valence-corrected chi connectivity index (χ4v) is 2.79. The maximum Gasteiger partial charge on any atom is 0.417 e. The molecule has 2 aromatic rings. The van der Waals surface area contributed by atoms with Gasteiger partial charge in [-0.3, -0.25) is 4.79 Å². The summed E-state index contributed by atoms with van der Waals surface area (Å²) in [5, 5.41) is 14.0. The Labute approximate surface area is 142 Å². The van der Waals surface area contributed by atoms with Gasteiger partial charge in [0.05, 0.1) is 21.0 Å². The van der Waals surface area contributed by atoms with Gasteiger partial charge in [0.25, 0.3) is 5.91 Å². The standard InChI is InChI=1S/C13H9ClF3N3O3S/c14-9-6(2-1-3-7(9)13(15,16)17)11(21)18-5-4-8-10(12(22)23)19-20-24-8/h1-3H,4-5H2,(H,18,21)(H,22,23). The summed E-state index contributed by atoms with van der Waals surface area (Å²) in [5.41, 5.74) is -1.63. The zero-order chi connectivity index (χ0) is 17.9. The first-order valence-electron chi connectivity index (χ1n) is 6.40. The molecule has 0 atom stereocenters. The van der Waals surface area contributed by atoms with Gasteiger partial charge in [-0.2, -0.15) is 13.2 Å². The smallest absolute Gasteiger partial charge is 0.417 e. The fraction of sp³-hybridized carbons (Fsp3) is 0.231. The number of nitrogens with one attached hydrogen (secondary N) is 1. The van der Waals surface area contributed by atoms with E-state index in [0.29, 0.717) is 4.88 Å². The topological polar surface area (TPSA) is 92.2 Å². The summed E-state index contributed by atoms with van der Waals surface area (Å²) in [4.78, 5) is 23.2. The summed E-state index contributed by atoms with van der Waals surface area (Å²) in [7, 11) is 0. The molecule has 11 heteroatoms. The minimum absolute atomic E-state index is 0.00440. The number of aromatic nitrogens is 2. The van der Waals surface area contributed by atoms with Gasteiger partial charge in [-0.05, 0) is 23.7 Å². The van der Waals surface area contributed by atoms with Crippen LogP contribution in [0.2, 0.25) is 5.02 Å². The van der Waals surface area contributed by atoms with Crippen LogP contribution < -0.4 is 5.32 Å². The minimum Gasteiger partial charge on any atom is -0.476 e. The Bertz CT molecular complexity index is 779. The highest BCUT2D eigenvalue weighted by atomic mass is 35.5. The third kappa shape index (κ3) is 4.01. The molecule has 0 aliphatic rings. The van der Waals surface area contributed by atoms with Crippen LogP contribution in [0.15, 0.2) is 18.2 Å². The van der Waals surface area contributed by atoms with Gasteiger partial charge in [-0.15, -0.1) is 5.10 Å². The molecule has 0 aliphatic carbocycles. The maximum absolute atomic E-state index is 12.8. The van der Waals surface area contributed by atoms with E-state index in [0.717, 1.165) is 23.7 Å². The predicted octanol–water partition coefficient (Wildman–Crippen LogP) is 2.88. The van der Waals surface area contributed by atoms with Crippen molar-refractivity contribution < 1.29 is 27.9 Å². The van der Waals surface area contributed by atoms with Gasteiger partial charge in [0.1, 0.15) is 0 Å². The monoisotopic (exact) mass is 379 g/mol. The summed E-state index contributed by atoms with van der Waals surface area (Å²) in [6.45, 7) is -0.00440. The zero-order valence-electron chi connectivity index (χ0n) is 11.7. The minimum atomic E-state index is -4.67. The molecule has 0 radical (unpaired) electrons. The fourth-order valence-electron chi connectivity index (χ4n) is 1.85. The number of alkyl halides is 3. The molecule has 1 aromatic carbocycles. The highest BCUT2D eigenvalue weighted by Crippen LogP contribution is 2.36. The number of hydrogen-bond donors (Lipinski definition) is 2. The number of carboxylic acids is 1. The third-order valence-corrected chi connectivity index (χ3v) is 4.13. The predicted molar refractivity (Wildman–Crippen MR) is 79.4 cm³/mol. The first-order chi connectivity index (χ1) is 11.2. The first kappa shape index (κ1) is 18.1. The van der Waals surface area contributed by atoms with Crippen LogP contribution in [0.5, 0.6) is 0 Å². The number of halogens is 4. The van der Waals surface area contributed by atoms with E-state index in [1.165, 1.54) is 6.07 Å². The SMILES string of the molecule is O=C(NCCc1snnc1C(=O)O)c1cccc(C(F)(F)F)c1Cl. The number of rotatable bonds is 5. The van der Waals surface area contributed by atoms with E-state index < -0.39 is 28.6 Å². The van der Waals surface area contributed by atoms with Gasteiger partial charge in [-0.25, -0.2) is 4.79 Å². The number of amides is 1. The lowest BCUT2D eigenvalue weighted by Gasteiger charge is -2.12. The molecule has 1 heterocycles. The number of nitrogens with zero attached hydrogens (tertiary/aromatic N) is 2. The lowest BCUT2D eigenvalue weighted by Crippen LogP contribution is -2.26. The van der Waals surface area contributed by atoms with E-state index in [9.17, 15) is 22.8 Å². The lowest BCUT2D eigenvalue weighted by atomic mass is 10.1. The molecule has 2 N–H and O–H groups in total. The first-order valence-corrected chi connectivity index (χ1v) is 7.55. The quantitative estimate of drug-likeness (QED) is 0.833. The molecular weight excluding hydrogens is 371 g/mol. The second-order valence-corrected chi connectivity index (χ2v) is 5.74. The van der Waals surface area contributed by atoms with Crippen molar-refractivity contribution in [3.05, 3.63) is 44.9 Å². The summed E-state index contributed by atoms with van der Waals surface area (Å²) in [5.74, 6) is -2.04. The summed E-state index contributed by atoms with van der Waals surface area (Å²) in [6, 6.07) is 3.03. The lowest BCUT2D eigenvalue weighted by molar-refractivity contribution is -0.137. The van der Waals surface area contributed by atoms with Crippen molar-refractivity contribution in [2.45, 2.75) is 12.6 Å². The van der Waals surface area contributed by atoms with Gasteiger partial charge in [0, 0.05) is 13.0 Å². The van der Waals surface area contributed by atoms with Gasteiger partial charge in [0.2, 0.25) is 0 Å². The Morgan fingerprint density at radius 3 is 2.67 bits per heavy atom. The zero-order valence-corrected chi connectivity index (χ0v) is 13.3. The molecule has 0 spiro atoms. The van der Waals surface area contributed by atoms with Gasteiger partial charge in [-0.1, -0.05) is 22.2 Å². The molecule has 128 valence electrons. The molecule has 0 aliphatic heterocycles. The number of benzene rings is 1. The largest absolute Gasteiger partial charge is 0.476 e. The molecule has 0 saturated carbocycles. The molecule has 6 nitrogen and oxygen atoms in total. The van der Waals surface area contributed by atoms with E-state index in [1.54, 1.807) is 0 Å². The van der Waals surface area contributed by atoms with Gasteiger partial charge >= 0.3 is 12.1 Å². The summed E-state index contributed by atoms with van der Waals surface area (Å²) in [6.07, 6.45) is -4.54. The Kier molecular flexibility index (Phi) is 5.40. The van der Waals surface area contributed by atoms with Crippen LogP contribution in [0.1, 0.15) is 31.3 Å². The van der Waals surface area contributed by atoms with E-state index in [1.807, 2.05) is 0 Å². The van der Waals surface area contributed by atoms with Crippen molar-refractivity contribution in [2.75, 3.05) is 6.54 Å². The normalized spacial score (nSPS) is 11.3. The van der Waals surface area contributed by atoms with E-state index >= 15 is 0 Å². The number of carbonyl (C=O) groups is 2. The van der Waals surface area contributed by atoms with Crippen LogP contribution in [-0.4, -0.2) is 33.1 Å². The average molecular weight is 380 g/mol. The van der Waals surface area contributed by atoms with Crippen molar-refractivity contribution in [3.63, 3.8) is 0 Å². The number of carbonyl (C=O) groups excluding carboxylic acids is 1. The molecule has 0 unspecified atom stereocenters. The molecule has 0 bridgehead atoms. The second kappa shape index (κ2) is 7.14. The Morgan fingerprint density at radius 1 is 1.33 bits per heavy atom. The summed E-state index contributed by atoms with van der Waals surface area (Å²) < 4.78 is 41.8. The van der Waals surface area contributed by atoms with Crippen LogP contribution >= 0.6 is 23.1 Å². The second-order valence-electron chi connectivity index (χ2n) is 4.52. The molecular formula is C13H9ClF3N3O3S. The van der Waals surface area contributed by atoms with Gasteiger partial charge in [0.15, 0.2) is 5.69 Å². The van der Waals surface area contributed by atoms with Crippen LogP contribution in [0.4, 0.5) is 13.2 Å². The number of aromatic carboxylic acids is 1. The number of hydrogen-bond acceptors (Lipinski definition) is 5. The van der Waals surface area contributed by atoms with Crippen molar-refractivity contribution in [3.8, 4) is 0 Å². The Balaban J connectivity index is 2.06. The van der Waals surface area contributed by atoms with E-state index in [2.05, 4.69) is 14.9 Å². The summed E-state index contributed by atoms with van der Waals surface area (Å²) >= 11 is 6.52. The van der Waals surface area contributed by atoms with Crippen LogP contribution in [0.25, 0.3) is 0 Å². The van der Waals surface area contributed by atoms with E-state index in [-0.39, 0.29) is 24.2 Å². The van der Waals surface area contributed by atoms with Crippen LogP contribution in [0, 0.1) is 0 Å². The van der Waals surface area contributed by atoms with Crippen molar-refractivity contribution in [1.29, 1.82) is 0 Å². The third-order valence-electron chi connectivity index (χ3n) is 2.94. The molecule has 0 saturated heterocycles. The molecule has 24 heavy (non-hydrogen) atoms. The van der Waals surface area contributed by atoms with Crippen molar-refractivity contribution in [1.82, 2.24) is 14.9 Å². The molecule has 0 fully saturated rings. The molecule has 2 rings (SSSR count). The molecule has 1 aromatic heterocycles. The highest BCUT2D eigenvalue weighted by Gasteiger charge is 2.34. The van der Waals surface area contributed by atoms with Crippen LogP contribution in [-0.2, 0) is 12.6 Å². The average Bonchev–Trinajstić information content (AvgIpc) is 2.94. The Hall–Kier alpha value is -2.20.